The van der Waals surface area contributed by atoms with Gasteiger partial charge >= 0.3 is 0 Å². The number of H-pyrrole nitrogens is 1. The van der Waals surface area contributed by atoms with E-state index in [1.807, 2.05) is 17.8 Å². The van der Waals surface area contributed by atoms with E-state index in [0.717, 1.165) is 22.6 Å². The van der Waals surface area contributed by atoms with Crippen molar-refractivity contribution in [1.82, 2.24) is 14.8 Å². The van der Waals surface area contributed by atoms with Crippen LogP contribution in [-0.4, -0.2) is 14.8 Å². The van der Waals surface area contributed by atoms with E-state index in [-0.39, 0.29) is 0 Å². The van der Waals surface area contributed by atoms with E-state index in [9.17, 15) is 0 Å². The van der Waals surface area contributed by atoms with Crippen LogP contribution < -0.4 is 0 Å². The van der Waals surface area contributed by atoms with Gasteiger partial charge in [0.1, 0.15) is 0 Å². The van der Waals surface area contributed by atoms with Crippen LogP contribution in [0.2, 0.25) is 0 Å². The molecule has 0 spiro atoms. The maximum atomic E-state index is 4.63. The summed E-state index contributed by atoms with van der Waals surface area (Å²) in [5.41, 5.74) is 6.85. The third kappa shape index (κ3) is 2.02. The van der Waals surface area contributed by atoms with Gasteiger partial charge in [-0.3, -0.25) is 0 Å². The van der Waals surface area contributed by atoms with Gasteiger partial charge in [0.25, 0.3) is 0 Å². The Bertz CT molecular complexity index is 960. The molecule has 2 heterocycles. The molecule has 108 valence electrons. The molecule has 3 nitrogen and oxygen atoms in total. The van der Waals surface area contributed by atoms with E-state index in [1.165, 1.54) is 16.5 Å². The van der Waals surface area contributed by atoms with Crippen molar-refractivity contribution < 1.29 is 0 Å². The summed E-state index contributed by atoms with van der Waals surface area (Å²) in [5, 5.41) is 5.85. The topological polar surface area (TPSA) is 33.6 Å². The fourth-order valence-corrected chi connectivity index (χ4v) is 3.00. The average Bonchev–Trinajstić information content (AvgIpc) is 3.12. The summed E-state index contributed by atoms with van der Waals surface area (Å²) in [6, 6.07) is 19.1. The molecule has 0 bridgehead atoms. The van der Waals surface area contributed by atoms with Gasteiger partial charge in [-0.2, -0.15) is 5.10 Å². The van der Waals surface area contributed by atoms with Gasteiger partial charge in [-0.25, -0.2) is 4.68 Å². The maximum Gasteiger partial charge on any atom is 0.0727 e. The first-order valence-corrected chi connectivity index (χ1v) is 7.42. The fraction of sp³-hybridized carbons (Fsp3) is 0.105. The molecule has 0 atom stereocenters. The first kappa shape index (κ1) is 12.9. The largest absolute Gasteiger partial charge is 0.361 e. The Hall–Kier alpha value is -2.81. The molecule has 2 aromatic heterocycles. The quantitative estimate of drug-likeness (QED) is 0.572. The fourth-order valence-electron chi connectivity index (χ4n) is 3.00. The molecule has 1 N–H and O–H groups in total. The molecule has 0 unspecified atom stereocenters. The Kier molecular flexibility index (Phi) is 2.86. The molecule has 2 aromatic carbocycles. The normalized spacial score (nSPS) is 11.2. The van der Waals surface area contributed by atoms with Crippen LogP contribution in [0.25, 0.3) is 27.7 Å². The minimum absolute atomic E-state index is 1.04. The van der Waals surface area contributed by atoms with Crippen molar-refractivity contribution in [2.24, 2.45) is 0 Å². The van der Waals surface area contributed by atoms with E-state index in [2.05, 4.69) is 71.6 Å². The van der Waals surface area contributed by atoms with Gasteiger partial charge in [0.2, 0.25) is 0 Å². The zero-order valence-corrected chi connectivity index (χ0v) is 12.7. The summed E-state index contributed by atoms with van der Waals surface area (Å²) in [6.07, 6.45) is 1.97. The zero-order chi connectivity index (χ0) is 15.1. The standard InChI is InChI=1S/C19H17N3/c1-13-11-14(2)22(21-13)19-6-4-3-5-17(19)15-7-8-18-16(12-15)9-10-20-18/h3-12,20H,1-2H3. The van der Waals surface area contributed by atoms with Crippen molar-refractivity contribution in [3.63, 3.8) is 0 Å². The molecule has 0 aliphatic heterocycles. The molecule has 3 heteroatoms. The molecule has 0 saturated carbocycles. The second-order valence-electron chi connectivity index (χ2n) is 5.64. The highest BCUT2D eigenvalue weighted by atomic mass is 15.3. The third-order valence-electron chi connectivity index (χ3n) is 4.01. The van der Waals surface area contributed by atoms with Crippen LogP contribution >= 0.6 is 0 Å². The third-order valence-corrected chi connectivity index (χ3v) is 4.01. The van der Waals surface area contributed by atoms with E-state index in [4.69, 9.17) is 0 Å². The van der Waals surface area contributed by atoms with Crippen molar-refractivity contribution in [2.75, 3.05) is 0 Å². The van der Waals surface area contributed by atoms with Crippen LogP contribution in [-0.2, 0) is 0 Å². The molecule has 0 fully saturated rings. The molecule has 22 heavy (non-hydrogen) atoms. The predicted octanol–water partition coefficient (Wildman–Crippen LogP) is 4.64. The Morgan fingerprint density at radius 3 is 2.64 bits per heavy atom. The Morgan fingerprint density at radius 2 is 1.82 bits per heavy atom. The lowest BCUT2D eigenvalue weighted by molar-refractivity contribution is 0.835. The number of benzene rings is 2. The molecule has 0 aliphatic carbocycles. The van der Waals surface area contributed by atoms with Gasteiger partial charge in [-0.05, 0) is 55.1 Å². The number of rotatable bonds is 2. The Morgan fingerprint density at radius 1 is 0.955 bits per heavy atom. The zero-order valence-electron chi connectivity index (χ0n) is 12.7. The van der Waals surface area contributed by atoms with Crippen LogP contribution in [0, 0.1) is 13.8 Å². The molecular weight excluding hydrogens is 270 g/mol. The van der Waals surface area contributed by atoms with Gasteiger partial charge in [0.05, 0.1) is 11.4 Å². The molecule has 0 radical (unpaired) electrons. The van der Waals surface area contributed by atoms with Crippen molar-refractivity contribution in [1.29, 1.82) is 0 Å². The van der Waals surface area contributed by atoms with Crippen molar-refractivity contribution >= 4 is 10.9 Å². The number of hydrogen-bond acceptors (Lipinski definition) is 1. The average molecular weight is 287 g/mol. The molecule has 0 saturated heterocycles. The van der Waals surface area contributed by atoms with Crippen molar-refractivity contribution in [2.45, 2.75) is 13.8 Å². The number of nitrogens with one attached hydrogen (secondary N) is 1. The maximum absolute atomic E-state index is 4.63. The summed E-state index contributed by atoms with van der Waals surface area (Å²) in [6.45, 7) is 4.12. The van der Waals surface area contributed by atoms with E-state index in [1.54, 1.807) is 0 Å². The summed E-state index contributed by atoms with van der Waals surface area (Å²) >= 11 is 0. The summed E-state index contributed by atoms with van der Waals surface area (Å²) < 4.78 is 2.02. The van der Waals surface area contributed by atoms with Crippen LogP contribution in [0.4, 0.5) is 0 Å². The van der Waals surface area contributed by atoms with Gasteiger partial charge in [0, 0.05) is 23.0 Å². The molecule has 4 rings (SSSR count). The van der Waals surface area contributed by atoms with E-state index >= 15 is 0 Å². The number of nitrogens with zero attached hydrogens (tertiary/aromatic N) is 2. The Labute approximate surface area is 129 Å². The van der Waals surface area contributed by atoms with Crippen molar-refractivity contribution in [3.8, 4) is 16.8 Å². The highest BCUT2D eigenvalue weighted by Gasteiger charge is 2.10. The first-order chi connectivity index (χ1) is 10.7. The van der Waals surface area contributed by atoms with Gasteiger partial charge < -0.3 is 4.98 Å². The monoisotopic (exact) mass is 287 g/mol. The predicted molar refractivity (Wildman–Crippen MR) is 90.3 cm³/mol. The van der Waals surface area contributed by atoms with Crippen LogP contribution in [0.3, 0.4) is 0 Å². The summed E-state index contributed by atoms with van der Waals surface area (Å²) in [5.74, 6) is 0. The van der Waals surface area contributed by atoms with E-state index in [0.29, 0.717) is 0 Å². The smallest absolute Gasteiger partial charge is 0.0727 e. The van der Waals surface area contributed by atoms with E-state index < -0.39 is 0 Å². The highest BCUT2D eigenvalue weighted by molar-refractivity contribution is 5.86. The Balaban J connectivity index is 1.93. The lowest BCUT2D eigenvalue weighted by Gasteiger charge is -2.11. The highest BCUT2D eigenvalue weighted by Crippen LogP contribution is 2.29. The molecule has 4 aromatic rings. The first-order valence-electron chi connectivity index (χ1n) is 7.42. The molecule has 0 aliphatic rings. The van der Waals surface area contributed by atoms with Crippen molar-refractivity contribution in [3.05, 3.63) is 72.2 Å². The SMILES string of the molecule is Cc1cc(C)n(-c2ccccc2-c2ccc3[nH]ccc3c2)n1. The number of fused-ring (bicyclic) bond motifs is 1. The van der Waals surface area contributed by atoms with Crippen LogP contribution in [0.5, 0.6) is 0 Å². The summed E-state index contributed by atoms with van der Waals surface area (Å²) in [7, 11) is 0. The number of para-hydroxylation sites is 1. The van der Waals surface area contributed by atoms with Gasteiger partial charge in [-0.1, -0.05) is 24.3 Å². The molecular formula is C19H17N3. The van der Waals surface area contributed by atoms with Crippen LogP contribution in [0.1, 0.15) is 11.4 Å². The second kappa shape index (κ2) is 4.88. The number of aryl methyl sites for hydroxylation is 2. The molecule has 0 amide bonds. The summed E-state index contributed by atoms with van der Waals surface area (Å²) in [4.78, 5) is 3.24. The lowest BCUT2D eigenvalue weighted by Crippen LogP contribution is -2.01. The lowest BCUT2D eigenvalue weighted by atomic mass is 10.0. The minimum Gasteiger partial charge on any atom is -0.361 e. The second-order valence-corrected chi connectivity index (χ2v) is 5.64. The van der Waals surface area contributed by atoms with Crippen LogP contribution in [0.15, 0.2) is 60.8 Å². The van der Waals surface area contributed by atoms with Gasteiger partial charge in [0.15, 0.2) is 0 Å². The minimum atomic E-state index is 1.04. The van der Waals surface area contributed by atoms with Gasteiger partial charge in [-0.15, -0.1) is 0 Å². The number of aromatic nitrogens is 3. The number of hydrogen-bond donors (Lipinski definition) is 1. The number of aromatic amines is 1.